The third-order valence-corrected chi connectivity index (χ3v) is 5.83. The van der Waals surface area contributed by atoms with E-state index in [0.29, 0.717) is 22.1 Å². The highest BCUT2D eigenvalue weighted by molar-refractivity contribution is 7.18. The van der Waals surface area contributed by atoms with Gasteiger partial charge in [0.1, 0.15) is 4.88 Å². The van der Waals surface area contributed by atoms with Gasteiger partial charge in [0.2, 0.25) is 5.91 Å². The number of hydrogen-bond acceptors (Lipinski definition) is 5. The number of amides is 1. The zero-order chi connectivity index (χ0) is 19.2. The van der Waals surface area contributed by atoms with Crippen LogP contribution in [0.1, 0.15) is 35.9 Å². The molecule has 0 bridgehead atoms. The van der Waals surface area contributed by atoms with Gasteiger partial charge in [-0.15, -0.1) is 11.3 Å². The van der Waals surface area contributed by atoms with E-state index < -0.39 is 5.97 Å². The minimum atomic E-state index is -0.420. The number of piperidine rings is 1. The van der Waals surface area contributed by atoms with Gasteiger partial charge in [-0.05, 0) is 56.6 Å². The summed E-state index contributed by atoms with van der Waals surface area (Å²) in [5.74, 6) is -0.529. The number of esters is 1. The molecule has 5 nitrogen and oxygen atoms in total. The van der Waals surface area contributed by atoms with E-state index >= 15 is 0 Å². The fourth-order valence-corrected chi connectivity index (χ4v) is 4.24. The Morgan fingerprint density at radius 3 is 2.56 bits per heavy atom. The van der Waals surface area contributed by atoms with E-state index in [4.69, 9.17) is 16.3 Å². The predicted octanol–water partition coefficient (Wildman–Crippen LogP) is 4.67. The summed E-state index contributed by atoms with van der Waals surface area (Å²) < 4.78 is 5.16. The maximum atomic E-state index is 12.5. The lowest BCUT2D eigenvalue weighted by atomic mass is 10.1. The van der Waals surface area contributed by atoms with Crippen LogP contribution in [0.4, 0.5) is 5.69 Å². The van der Waals surface area contributed by atoms with Crippen LogP contribution in [0.25, 0.3) is 10.4 Å². The second kappa shape index (κ2) is 9.35. The molecule has 0 saturated carbocycles. The van der Waals surface area contributed by atoms with Crippen LogP contribution in [-0.4, -0.2) is 43.0 Å². The Morgan fingerprint density at radius 2 is 1.89 bits per heavy atom. The monoisotopic (exact) mass is 406 g/mol. The summed E-state index contributed by atoms with van der Waals surface area (Å²) in [7, 11) is 0. The van der Waals surface area contributed by atoms with Crippen molar-refractivity contribution in [1.29, 1.82) is 0 Å². The van der Waals surface area contributed by atoms with Gasteiger partial charge in [-0.3, -0.25) is 9.69 Å². The lowest BCUT2D eigenvalue weighted by Crippen LogP contribution is -2.36. The number of carbonyl (C=O) groups is 2. The van der Waals surface area contributed by atoms with Gasteiger partial charge in [0.15, 0.2) is 0 Å². The zero-order valence-electron chi connectivity index (χ0n) is 15.3. The fourth-order valence-electron chi connectivity index (χ4n) is 3.10. The lowest BCUT2D eigenvalue weighted by molar-refractivity contribution is -0.117. The van der Waals surface area contributed by atoms with E-state index in [0.717, 1.165) is 36.4 Å². The Hall–Kier alpha value is -1.89. The molecule has 1 aliphatic heterocycles. The van der Waals surface area contributed by atoms with Crippen LogP contribution in [0.5, 0.6) is 0 Å². The maximum absolute atomic E-state index is 12.5. The van der Waals surface area contributed by atoms with Crippen LogP contribution in [0.3, 0.4) is 0 Å². The molecule has 1 N–H and O–H groups in total. The van der Waals surface area contributed by atoms with Crippen LogP contribution in [-0.2, 0) is 9.53 Å². The molecule has 1 aromatic heterocycles. The topological polar surface area (TPSA) is 58.6 Å². The van der Waals surface area contributed by atoms with Crippen LogP contribution >= 0.6 is 22.9 Å². The molecule has 0 unspecified atom stereocenters. The summed E-state index contributed by atoms with van der Waals surface area (Å²) in [6.45, 7) is 4.28. The van der Waals surface area contributed by atoms with Crippen LogP contribution in [0.15, 0.2) is 30.3 Å². The number of likely N-dealkylation sites (tertiary alicyclic amines) is 1. The summed E-state index contributed by atoms with van der Waals surface area (Å²) in [4.78, 5) is 28.3. The molecule has 144 valence electrons. The molecule has 0 spiro atoms. The molecule has 1 saturated heterocycles. The molecule has 3 rings (SSSR count). The van der Waals surface area contributed by atoms with E-state index in [2.05, 4.69) is 10.2 Å². The van der Waals surface area contributed by atoms with E-state index in [9.17, 15) is 9.59 Å². The van der Waals surface area contributed by atoms with Crippen molar-refractivity contribution in [3.05, 3.63) is 40.2 Å². The predicted molar refractivity (Wildman–Crippen MR) is 110 cm³/mol. The van der Waals surface area contributed by atoms with Crippen molar-refractivity contribution in [3.8, 4) is 10.4 Å². The van der Waals surface area contributed by atoms with Crippen molar-refractivity contribution >= 4 is 40.5 Å². The number of nitrogens with one attached hydrogen (secondary N) is 1. The first-order chi connectivity index (χ1) is 13.1. The summed E-state index contributed by atoms with van der Waals surface area (Å²) in [5, 5.41) is 3.55. The summed E-state index contributed by atoms with van der Waals surface area (Å²) in [5.41, 5.74) is 1.44. The largest absolute Gasteiger partial charge is 0.462 e. The highest BCUT2D eigenvalue weighted by Gasteiger charge is 2.21. The molecular weight excluding hydrogens is 384 g/mol. The fraction of sp³-hybridized carbons (Fsp3) is 0.400. The van der Waals surface area contributed by atoms with E-state index in [1.165, 1.54) is 17.8 Å². The number of benzene rings is 1. The smallest absolute Gasteiger partial charge is 0.350 e. The third kappa shape index (κ3) is 5.31. The van der Waals surface area contributed by atoms with Crippen molar-refractivity contribution in [3.63, 3.8) is 0 Å². The van der Waals surface area contributed by atoms with Crippen molar-refractivity contribution in [1.82, 2.24) is 4.90 Å². The molecule has 1 aromatic carbocycles. The molecule has 0 radical (unpaired) electrons. The minimum Gasteiger partial charge on any atom is -0.462 e. The number of halogens is 1. The van der Waals surface area contributed by atoms with Crippen LogP contribution < -0.4 is 5.32 Å². The molecule has 27 heavy (non-hydrogen) atoms. The van der Waals surface area contributed by atoms with E-state index in [1.807, 2.05) is 18.2 Å². The Balaban J connectivity index is 1.79. The molecule has 0 aliphatic carbocycles. The molecular formula is C20H23ClN2O3S. The molecule has 1 amide bonds. The van der Waals surface area contributed by atoms with Gasteiger partial charge in [-0.1, -0.05) is 30.2 Å². The molecule has 7 heteroatoms. The molecule has 0 atom stereocenters. The van der Waals surface area contributed by atoms with Gasteiger partial charge in [0.25, 0.3) is 0 Å². The number of hydrogen-bond donors (Lipinski definition) is 1. The first-order valence-electron chi connectivity index (χ1n) is 9.16. The van der Waals surface area contributed by atoms with Crippen molar-refractivity contribution in [2.45, 2.75) is 26.2 Å². The molecule has 1 aliphatic rings. The number of anilines is 1. The normalized spacial score (nSPS) is 14.7. The van der Waals surface area contributed by atoms with Crippen molar-refractivity contribution in [2.24, 2.45) is 0 Å². The first-order valence-corrected chi connectivity index (χ1v) is 10.4. The summed E-state index contributed by atoms with van der Waals surface area (Å²) in [6, 6.07) is 9.21. The number of ether oxygens (including phenoxy) is 1. The highest BCUT2D eigenvalue weighted by atomic mass is 35.5. The molecule has 2 aromatic rings. The zero-order valence-corrected chi connectivity index (χ0v) is 16.9. The third-order valence-electron chi connectivity index (χ3n) is 4.41. The second-order valence-electron chi connectivity index (χ2n) is 6.47. The lowest BCUT2D eigenvalue weighted by Gasteiger charge is -2.25. The van der Waals surface area contributed by atoms with Crippen LogP contribution in [0, 0.1) is 0 Å². The Labute approximate surface area is 168 Å². The average Bonchev–Trinajstić information content (AvgIpc) is 3.07. The van der Waals surface area contributed by atoms with Crippen molar-refractivity contribution < 1.29 is 14.3 Å². The standard InChI is InChI=1S/C20H23ClN2O3S/c1-2-26-20(25)19-16(22-18(24)13-23-10-4-3-5-11-23)12-17(27-19)14-6-8-15(21)9-7-14/h6-9,12H,2-5,10-11,13H2,1H3,(H,22,24). The van der Waals surface area contributed by atoms with Gasteiger partial charge in [-0.2, -0.15) is 0 Å². The Morgan fingerprint density at radius 1 is 1.19 bits per heavy atom. The van der Waals surface area contributed by atoms with Gasteiger partial charge >= 0.3 is 5.97 Å². The van der Waals surface area contributed by atoms with Crippen LogP contribution in [0.2, 0.25) is 5.02 Å². The number of carbonyl (C=O) groups excluding carboxylic acids is 2. The van der Waals surface area contributed by atoms with Crippen molar-refractivity contribution in [2.75, 3.05) is 31.6 Å². The van der Waals surface area contributed by atoms with Gasteiger partial charge in [0, 0.05) is 9.90 Å². The van der Waals surface area contributed by atoms with E-state index in [-0.39, 0.29) is 12.5 Å². The number of thiophene rings is 1. The first kappa shape index (κ1) is 19.9. The summed E-state index contributed by atoms with van der Waals surface area (Å²) in [6.07, 6.45) is 3.47. The Kier molecular flexibility index (Phi) is 6.88. The molecule has 2 heterocycles. The summed E-state index contributed by atoms with van der Waals surface area (Å²) >= 11 is 7.26. The number of rotatable bonds is 6. The van der Waals surface area contributed by atoms with Gasteiger partial charge in [-0.25, -0.2) is 4.79 Å². The van der Waals surface area contributed by atoms with E-state index in [1.54, 1.807) is 19.1 Å². The highest BCUT2D eigenvalue weighted by Crippen LogP contribution is 2.36. The maximum Gasteiger partial charge on any atom is 0.350 e. The second-order valence-corrected chi connectivity index (χ2v) is 7.95. The average molecular weight is 407 g/mol. The Bertz CT molecular complexity index is 798. The van der Waals surface area contributed by atoms with Gasteiger partial charge in [0.05, 0.1) is 18.8 Å². The molecule has 1 fully saturated rings. The quantitative estimate of drug-likeness (QED) is 0.708. The SMILES string of the molecule is CCOC(=O)c1sc(-c2ccc(Cl)cc2)cc1NC(=O)CN1CCCCC1. The van der Waals surface area contributed by atoms with Gasteiger partial charge < -0.3 is 10.1 Å². The minimum absolute atomic E-state index is 0.108. The number of nitrogens with zero attached hydrogens (tertiary/aromatic N) is 1.